The van der Waals surface area contributed by atoms with Gasteiger partial charge in [-0.3, -0.25) is 4.79 Å². The summed E-state index contributed by atoms with van der Waals surface area (Å²) in [5, 5.41) is 0.708. The monoisotopic (exact) mass is 400 g/mol. The number of aromatic amines is 1. The van der Waals surface area contributed by atoms with Crippen molar-refractivity contribution in [1.82, 2.24) is 9.55 Å². The van der Waals surface area contributed by atoms with Crippen molar-refractivity contribution >= 4 is 22.5 Å². The van der Waals surface area contributed by atoms with Crippen molar-refractivity contribution in [3.8, 4) is 22.6 Å². The van der Waals surface area contributed by atoms with Crippen LogP contribution in [0.15, 0.2) is 59.7 Å². The van der Waals surface area contributed by atoms with Gasteiger partial charge in [0.25, 0.3) is 5.56 Å². The van der Waals surface area contributed by atoms with Gasteiger partial charge in [0.05, 0.1) is 0 Å². The first-order chi connectivity index (χ1) is 13.5. The topological polar surface area (TPSA) is 47.0 Å². The second-order valence-electron chi connectivity index (χ2n) is 6.36. The first-order valence-corrected chi connectivity index (χ1v) is 9.00. The van der Waals surface area contributed by atoms with Crippen LogP contribution in [0.4, 0.5) is 8.78 Å². The molecule has 0 spiro atoms. The molecule has 4 rings (SSSR count). The Morgan fingerprint density at radius 2 is 1.86 bits per heavy atom. The van der Waals surface area contributed by atoms with Gasteiger partial charge in [-0.15, -0.1) is 11.6 Å². The molecular formula is C21H15ClF2N2O2. The van der Waals surface area contributed by atoms with E-state index >= 15 is 0 Å². The van der Waals surface area contributed by atoms with Crippen LogP contribution in [0.25, 0.3) is 22.0 Å². The highest BCUT2D eigenvalue weighted by atomic mass is 35.5. The molecule has 28 heavy (non-hydrogen) atoms. The van der Waals surface area contributed by atoms with Gasteiger partial charge in [-0.2, -0.15) is 0 Å². The molecule has 1 N–H and O–H groups in total. The summed E-state index contributed by atoms with van der Waals surface area (Å²) < 4.78 is 34.5. The Hall–Kier alpha value is -3.12. The fourth-order valence-electron chi connectivity index (χ4n) is 3.07. The van der Waals surface area contributed by atoms with E-state index in [-0.39, 0.29) is 17.2 Å². The molecular weight excluding hydrogens is 386 g/mol. The smallest absolute Gasteiger partial charge is 0.274 e. The van der Waals surface area contributed by atoms with Gasteiger partial charge in [0.15, 0.2) is 11.6 Å². The van der Waals surface area contributed by atoms with Gasteiger partial charge in [-0.1, -0.05) is 6.07 Å². The number of nitrogens with zero attached hydrogens (tertiary/aromatic N) is 1. The molecule has 2 heterocycles. The van der Waals surface area contributed by atoms with Crippen LogP contribution in [-0.2, 0) is 12.9 Å². The van der Waals surface area contributed by atoms with Crippen LogP contribution >= 0.6 is 11.6 Å². The minimum absolute atomic E-state index is 0.1000. The van der Waals surface area contributed by atoms with Crippen LogP contribution in [0, 0.1) is 11.6 Å². The number of H-pyrrole nitrogens is 1. The highest BCUT2D eigenvalue weighted by Gasteiger charge is 2.16. The fourth-order valence-corrected chi connectivity index (χ4v) is 3.24. The van der Waals surface area contributed by atoms with E-state index in [9.17, 15) is 13.6 Å². The van der Waals surface area contributed by atoms with E-state index < -0.39 is 11.6 Å². The molecule has 142 valence electrons. The van der Waals surface area contributed by atoms with Crippen molar-refractivity contribution in [2.24, 2.45) is 7.05 Å². The third kappa shape index (κ3) is 3.16. The Bertz CT molecular complexity index is 1250. The van der Waals surface area contributed by atoms with Crippen LogP contribution in [0.5, 0.6) is 11.5 Å². The lowest BCUT2D eigenvalue weighted by atomic mass is 10.0. The van der Waals surface area contributed by atoms with Crippen LogP contribution in [0.3, 0.4) is 0 Å². The zero-order valence-electron chi connectivity index (χ0n) is 14.8. The zero-order valence-corrected chi connectivity index (χ0v) is 15.6. The van der Waals surface area contributed by atoms with Gasteiger partial charge in [0.1, 0.15) is 17.1 Å². The van der Waals surface area contributed by atoms with Crippen molar-refractivity contribution < 1.29 is 13.5 Å². The van der Waals surface area contributed by atoms with Gasteiger partial charge < -0.3 is 14.3 Å². The van der Waals surface area contributed by atoms with Crippen LogP contribution in [-0.4, -0.2) is 9.55 Å². The Morgan fingerprint density at radius 1 is 1.07 bits per heavy atom. The highest BCUT2D eigenvalue weighted by molar-refractivity contribution is 6.17. The second-order valence-corrected chi connectivity index (χ2v) is 6.63. The summed E-state index contributed by atoms with van der Waals surface area (Å²) in [6.07, 6.45) is 3.38. The number of hydrogen-bond acceptors (Lipinski definition) is 2. The summed E-state index contributed by atoms with van der Waals surface area (Å²) in [6.45, 7) is 0. The number of halogens is 3. The summed E-state index contributed by atoms with van der Waals surface area (Å²) in [7, 11) is 1.67. The number of alkyl halides is 1. The zero-order chi connectivity index (χ0) is 19.8. The lowest BCUT2D eigenvalue weighted by Crippen LogP contribution is -2.15. The summed E-state index contributed by atoms with van der Waals surface area (Å²) in [5.41, 5.74) is 2.49. The van der Waals surface area contributed by atoms with Crippen LogP contribution in [0.2, 0.25) is 0 Å². The maximum Gasteiger partial charge on any atom is 0.274 e. The Kier molecular flexibility index (Phi) is 4.65. The standard InChI is InChI=1S/C21H15ClF2N2O2/c1-26-7-6-14-16(11-25-20(14)21(26)27)15-8-12(10-22)2-4-18(15)28-19-5-3-13(23)9-17(19)24/h2-9,11,25H,10H2,1H3. The molecule has 2 aromatic carbocycles. The molecule has 0 atom stereocenters. The molecule has 0 amide bonds. The molecule has 0 unspecified atom stereocenters. The molecule has 0 aliphatic heterocycles. The summed E-state index contributed by atoms with van der Waals surface area (Å²) in [6, 6.07) is 10.2. The molecule has 4 aromatic rings. The number of fused-ring (bicyclic) bond motifs is 1. The number of ether oxygens (including phenoxy) is 1. The first-order valence-electron chi connectivity index (χ1n) is 8.47. The third-order valence-electron chi connectivity index (χ3n) is 4.52. The van der Waals surface area contributed by atoms with E-state index in [0.29, 0.717) is 22.2 Å². The summed E-state index contributed by atoms with van der Waals surface area (Å²) in [4.78, 5) is 15.3. The average molecular weight is 401 g/mol. The average Bonchev–Trinajstić information content (AvgIpc) is 3.11. The van der Waals surface area contributed by atoms with Crippen molar-refractivity contribution in [2.45, 2.75) is 5.88 Å². The molecule has 0 saturated carbocycles. The van der Waals surface area contributed by atoms with Gasteiger partial charge in [-0.05, 0) is 35.9 Å². The second kappa shape index (κ2) is 7.13. The minimum Gasteiger partial charge on any atom is -0.454 e. The predicted octanol–water partition coefficient (Wildman–Crippen LogP) is 5.34. The van der Waals surface area contributed by atoms with Crippen molar-refractivity contribution in [3.63, 3.8) is 0 Å². The maximum atomic E-state index is 14.1. The highest BCUT2D eigenvalue weighted by Crippen LogP contribution is 2.38. The van der Waals surface area contributed by atoms with Gasteiger partial charge >= 0.3 is 0 Å². The van der Waals surface area contributed by atoms with E-state index in [1.807, 2.05) is 12.1 Å². The largest absolute Gasteiger partial charge is 0.454 e. The van der Waals surface area contributed by atoms with E-state index in [1.54, 1.807) is 31.6 Å². The first kappa shape index (κ1) is 18.3. The molecule has 0 radical (unpaired) electrons. The van der Waals surface area contributed by atoms with E-state index in [1.165, 1.54) is 10.6 Å². The molecule has 0 bridgehead atoms. The van der Waals surface area contributed by atoms with Crippen molar-refractivity contribution in [1.29, 1.82) is 0 Å². The number of benzene rings is 2. The minimum atomic E-state index is -0.805. The number of aryl methyl sites for hydroxylation is 1. The van der Waals surface area contributed by atoms with E-state index in [0.717, 1.165) is 23.3 Å². The van der Waals surface area contributed by atoms with Gasteiger partial charge in [0, 0.05) is 47.9 Å². The molecule has 0 fully saturated rings. The molecule has 0 aliphatic rings. The molecule has 4 nitrogen and oxygen atoms in total. The fraction of sp³-hybridized carbons (Fsp3) is 0.0952. The lowest BCUT2D eigenvalue weighted by molar-refractivity contribution is 0.439. The van der Waals surface area contributed by atoms with Crippen LogP contribution < -0.4 is 10.3 Å². The number of nitrogens with one attached hydrogen (secondary N) is 1. The number of rotatable bonds is 4. The third-order valence-corrected chi connectivity index (χ3v) is 4.83. The number of hydrogen-bond donors (Lipinski definition) is 1. The normalized spacial score (nSPS) is 11.1. The predicted molar refractivity (Wildman–Crippen MR) is 105 cm³/mol. The SMILES string of the molecule is Cn1ccc2c(-c3cc(CCl)ccc3Oc3ccc(F)cc3F)c[nH]c2c1=O. The van der Waals surface area contributed by atoms with Crippen molar-refractivity contribution in [3.05, 3.63) is 82.4 Å². The molecule has 2 aromatic heterocycles. The van der Waals surface area contributed by atoms with E-state index in [2.05, 4.69) is 4.98 Å². The Labute approximate surface area is 164 Å². The molecule has 0 aliphatic carbocycles. The molecule has 0 saturated heterocycles. The Morgan fingerprint density at radius 3 is 2.61 bits per heavy atom. The van der Waals surface area contributed by atoms with E-state index in [4.69, 9.17) is 16.3 Å². The van der Waals surface area contributed by atoms with Gasteiger partial charge in [-0.25, -0.2) is 8.78 Å². The molecule has 7 heteroatoms. The summed E-state index contributed by atoms with van der Waals surface area (Å²) >= 11 is 5.98. The lowest BCUT2D eigenvalue weighted by Gasteiger charge is -2.13. The van der Waals surface area contributed by atoms with Crippen molar-refractivity contribution in [2.75, 3.05) is 0 Å². The van der Waals surface area contributed by atoms with Crippen LogP contribution in [0.1, 0.15) is 5.56 Å². The summed E-state index contributed by atoms with van der Waals surface area (Å²) in [5.74, 6) is -0.948. The maximum absolute atomic E-state index is 14.1. The number of aromatic nitrogens is 2. The quantitative estimate of drug-likeness (QED) is 0.470. The van der Waals surface area contributed by atoms with Gasteiger partial charge in [0.2, 0.25) is 0 Å². The Balaban J connectivity index is 1.89. The number of pyridine rings is 1.